The molecule has 3 heterocycles. The van der Waals surface area contributed by atoms with Gasteiger partial charge in [-0.3, -0.25) is 14.5 Å². The molecule has 10 aromatic rings. The second kappa shape index (κ2) is 16.2. The second-order valence-corrected chi connectivity index (χ2v) is 15.6. The van der Waals surface area contributed by atoms with E-state index >= 15 is 0 Å². The maximum atomic E-state index is 4.67. The number of rotatable bonds is 6. The number of hydrogen-bond acceptors (Lipinski definition) is 4. The molecule has 0 bridgehead atoms. The molecule has 0 atom stereocenters. The molecule has 0 aliphatic rings. The van der Waals surface area contributed by atoms with Crippen LogP contribution in [0.1, 0.15) is 26.3 Å². The molecule has 7 aromatic carbocycles. The van der Waals surface area contributed by atoms with Gasteiger partial charge in [0.05, 0.1) is 11.0 Å². The average molecular weight is 762 g/mol. The van der Waals surface area contributed by atoms with Crippen LogP contribution in [-0.2, 0) is 5.41 Å². The Labute approximate surface area is 345 Å². The largest absolute Gasteiger partial charge is 0.275 e. The monoisotopic (exact) mass is 761 g/mol. The molecule has 10 rings (SSSR count). The van der Waals surface area contributed by atoms with Gasteiger partial charge in [-0.25, -0.2) is 0 Å². The van der Waals surface area contributed by atoms with Gasteiger partial charge in [-0.1, -0.05) is 185 Å². The Bertz CT molecular complexity index is 2890. The molecule has 0 aliphatic carbocycles. The van der Waals surface area contributed by atoms with Crippen LogP contribution in [0.3, 0.4) is 0 Å². The van der Waals surface area contributed by atoms with E-state index in [1.807, 2.05) is 48.8 Å². The van der Waals surface area contributed by atoms with Gasteiger partial charge in [0.25, 0.3) is 0 Å². The van der Waals surface area contributed by atoms with Gasteiger partial charge < -0.3 is 0 Å². The van der Waals surface area contributed by atoms with Crippen molar-refractivity contribution in [1.82, 2.24) is 24.7 Å². The lowest BCUT2D eigenvalue weighted by Crippen LogP contribution is -2.11. The Morgan fingerprint density at radius 3 is 1.31 bits per heavy atom. The zero-order chi connectivity index (χ0) is 40.2. The summed E-state index contributed by atoms with van der Waals surface area (Å²) in [5, 5.41) is 11.6. The summed E-state index contributed by atoms with van der Waals surface area (Å²) in [4.78, 5) is 9.34. The van der Waals surface area contributed by atoms with Crippen molar-refractivity contribution in [3.05, 3.63) is 212 Å². The van der Waals surface area contributed by atoms with Gasteiger partial charge >= 0.3 is 0 Å². The highest BCUT2D eigenvalue weighted by Crippen LogP contribution is 2.36. The topological polar surface area (TPSA) is 56.5 Å². The molecule has 0 N–H and O–H groups in total. The van der Waals surface area contributed by atoms with Crippen molar-refractivity contribution in [2.24, 2.45) is 0 Å². The summed E-state index contributed by atoms with van der Waals surface area (Å²) in [7, 11) is 0. The third-order valence-electron chi connectivity index (χ3n) is 10.7. The Morgan fingerprint density at radius 2 is 0.797 bits per heavy atom. The van der Waals surface area contributed by atoms with Crippen LogP contribution in [0.2, 0.25) is 0 Å². The van der Waals surface area contributed by atoms with Gasteiger partial charge in [0.2, 0.25) is 0 Å². The molecule has 0 spiro atoms. The fourth-order valence-corrected chi connectivity index (χ4v) is 7.61. The third-order valence-corrected chi connectivity index (χ3v) is 10.7. The molecule has 0 amide bonds. The van der Waals surface area contributed by atoms with E-state index in [1.54, 1.807) is 0 Å². The van der Waals surface area contributed by atoms with Crippen molar-refractivity contribution in [2.45, 2.75) is 26.2 Å². The van der Waals surface area contributed by atoms with Crippen LogP contribution < -0.4 is 0 Å². The lowest BCUT2D eigenvalue weighted by molar-refractivity contribution is 0.590. The summed E-state index contributed by atoms with van der Waals surface area (Å²) >= 11 is 0. The lowest BCUT2D eigenvalue weighted by atomic mass is 9.86. The minimum atomic E-state index is 0.0592. The zero-order valence-corrected chi connectivity index (χ0v) is 33.4. The molecule has 5 heteroatoms. The third kappa shape index (κ3) is 7.66. The quantitative estimate of drug-likeness (QED) is 0.158. The van der Waals surface area contributed by atoms with E-state index in [2.05, 4.69) is 203 Å². The molecule has 0 radical (unpaired) electrons. The first-order valence-electron chi connectivity index (χ1n) is 20.0. The molecule has 0 fully saturated rings. The van der Waals surface area contributed by atoms with Gasteiger partial charge in [-0.15, -0.1) is 10.2 Å². The normalized spacial score (nSPS) is 11.3. The van der Waals surface area contributed by atoms with E-state index in [0.29, 0.717) is 0 Å². The Kier molecular flexibility index (Phi) is 10.2. The van der Waals surface area contributed by atoms with Crippen LogP contribution in [0.25, 0.3) is 83.6 Å². The first-order valence-corrected chi connectivity index (χ1v) is 20.0. The van der Waals surface area contributed by atoms with E-state index in [0.717, 1.165) is 50.3 Å². The zero-order valence-electron chi connectivity index (χ0n) is 33.4. The van der Waals surface area contributed by atoms with Crippen LogP contribution >= 0.6 is 0 Å². The molecular weight excluding hydrogens is 719 g/mol. The highest BCUT2D eigenvalue weighted by Gasteiger charge is 2.20. The Morgan fingerprint density at radius 1 is 0.373 bits per heavy atom. The number of nitrogens with zero attached hydrogens (tertiary/aromatic N) is 5. The molecule has 0 aliphatic heterocycles. The molecule has 284 valence electrons. The lowest BCUT2D eigenvalue weighted by Gasteiger charge is -2.20. The highest BCUT2D eigenvalue weighted by atomic mass is 15.3. The summed E-state index contributed by atoms with van der Waals surface area (Å²) in [6.45, 7) is 6.69. The molecule has 0 saturated heterocycles. The standard InChI is InChI=1S/C30H27N3.C24H16N2/c1-30(2,3)26-14-10-13-25(21-26)29-32-31-28(33(29)27-15-8-5-9-16-27)24-19-17-23(18-20-24)22-11-6-4-7-12-22;1-3-7-17(8-4-1)19-13-15-25-23-21(19)11-12-22-20(14-16-26-24(22)23)18-9-5-2-6-10-18/h4-21H,1-3H3;1-16H. The molecule has 59 heavy (non-hydrogen) atoms. The van der Waals surface area contributed by atoms with Crippen molar-refractivity contribution >= 4 is 21.8 Å². The summed E-state index contributed by atoms with van der Waals surface area (Å²) in [5.74, 6) is 1.67. The average Bonchev–Trinajstić information content (AvgIpc) is 3.75. The number of benzene rings is 7. The summed E-state index contributed by atoms with van der Waals surface area (Å²) < 4.78 is 2.15. The van der Waals surface area contributed by atoms with E-state index in [1.165, 1.54) is 38.9 Å². The van der Waals surface area contributed by atoms with Gasteiger partial charge in [0.15, 0.2) is 11.6 Å². The van der Waals surface area contributed by atoms with Gasteiger partial charge in [0.1, 0.15) is 0 Å². The van der Waals surface area contributed by atoms with E-state index in [-0.39, 0.29) is 5.41 Å². The maximum Gasteiger partial charge on any atom is 0.168 e. The predicted octanol–water partition coefficient (Wildman–Crippen LogP) is 13.7. The van der Waals surface area contributed by atoms with Crippen molar-refractivity contribution in [1.29, 1.82) is 0 Å². The maximum absolute atomic E-state index is 4.67. The van der Waals surface area contributed by atoms with Crippen molar-refractivity contribution < 1.29 is 0 Å². The van der Waals surface area contributed by atoms with Gasteiger partial charge in [-0.2, -0.15) is 0 Å². The summed E-state index contributed by atoms with van der Waals surface area (Å²) in [6.07, 6.45) is 3.75. The first kappa shape index (κ1) is 37.1. The van der Waals surface area contributed by atoms with Crippen molar-refractivity contribution in [2.75, 3.05) is 0 Å². The SMILES string of the molecule is CC(C)(C)c1cccc(-c2nnc(-c3ccc(-c4ccccc4)cc3)n2-c2ccccc2)c1.c1ccc(-c2ccnc3c2ccc2c(-c4ccccc4)ccnc23)cc1. The number of hydrogen-bond donors (Lipinski definition) is 0. The van der Waals surface area contributed by atoms with Crippen LogP contribution in [-0.4, -0.2) is 24.7 Å². The fraction of sp³-hybridized carbons (Fsp3) is 0.0741. The van der Waals surface area contributed by atoms with E-state index in [4.69, 9.17) is 0 Å². The van der Waals surface area contributed by atoms with Crippen molar-refractivity contribution in [3.63, 3.8) is 0 Å². The van der Waals surface area contributed by atoms with Gasteiger partial charge in [-0.05, 0) is 74.7 Å². The smallest absolute Gasteiger partial charge is 0.168 e. The van der Waals surface area contributed by atoms with Crippen LogP contribution in [0, 0.1) is 0 Å². The summed E-state index contributed by atoms with van der Waals surface area (Å²) in [6, 6.07) is 67.3. The number of fused-ring (bicyclic) bond motifs is 3. The molecule has 0 saturated carbocycles. The molecule has 5 nitrogen and oxygen atoms in total. The van der Waals surface area contributed by atoms with E-state index < -0.39 is 0 Å². The predicted molar refractivity (Wildman–Crippen MR) is 244 cm³/mol. The minimum absolute atomic E-state index is 0.0592. The Hall–Kier alpha value is -7.50. The summed E-state index contributed by atoms with van der Waals surface area (Å²) in [5.41, 5.74) is 13.5. The van der Waals surface area contributed by atoms with Crippen LogP contribution in [0.15, 0.2) is 207 Å². The molecule has 0 unspecified atom stereocenters. The number of pyridine rings is 2. The number of aromatic nitrogens is 5. The Balaban J connectivity index is 0.000000156. The fourth-order valence-electron chi connectivity index (χ4n) is 7.61. The molecule has 3 aromatic heterocycles. The highest BCUT2D eigenvalue weighted by molar-refractivity contribution is 6.11. The first-order chi connectivity index (χ1) is 28.9. The van der Waals surface area contributed by atoms with Crippen LogP contribution in [0.4, 0.5) is 0 Å². The molecular formula is C54H43N5. The minimum Gasteiger partial charge on any atom is -0.275 e. The van der Waals surface area contributed by atoms with Crippen LogP contribution in [0.5, 0.6) is 0 Å². The second-order valence-electron chi connectivity index (χ2n) is 15.6. The van der Waals surface area contributed by atoms with Crippen molar-refractivity contribution in [3.8, 4) is 61.8 Å². The number of para-hydroxylation sites is 1. The van der Waals surface area contributed by atoms with E-state index in [9.17, 15) is 0 Å². The van der Waals surface area contributed by atoms with Gasteiger partial charge in [0, 0.05) is 40.0 Å².